The summed E-state index contributed by atoms with van der Waals surface area (Å²) in [6.07, 6.45) is 14.9. The number of allylic oxidation sites excluding steroid dienone is 4. The molecule has 0 aliphatic carbocycles. The molecule has 0 aliphatic heterocycles. The van der Waals surface area contributed by atoms with Crippen LogP contribution in [0.1, 0.15) is 46.8 Å². The number of thiazole rings is 2. The zero-order valence-electron chi connectivity index (χ0n) is 34.6. The Morgan fingerprint density at radius 1 is 0.667 bits per heavy atom. The molecule has 0 N–H and O–H groups in total. The molecule has 4 aromatic heterocycles. The summed E-state index contributed by atoms with van der Waals surface area (Å²) in [7, 11) is 1.79. The molecular weight excluding hydrogens is 770 g/mol. The zero-order valence-corrected chi connectivity index (χ0v) is 36.2. The van der Waals surface area contributed by atoms with Crippen molar-refractivity contribution in [2.45, 2.75) is 34.4 Å². The lowest BCUT2D eigenvalue weighted by Gasteiger charge is -2.09. The van der Waals surface area contributed by atoms with Gasteiger partial charge < -0.3 is 4.57 Å². The lowest BCUT2D eigenvalue weighted by molar-refractivity contribution is 1.02. The number of aromatic nitrogens is 6. The highest BCUT2D eigenvalue weighted by Gasteiger charge is 2.22. The fraction of sp³-hybridized carbons (Fsp3) is 0.100. The van der Waals surface area contributed by atoms with Crippen LogP contribution in [0.2, 0.25) is 13.6 Å². The molecule has 4 heterocycles. The van der Waals surface area contributed by atoms with Gasteiger partial charge in [-0.25, -0.2) is 24.9 Å². The summed E-state index contributed by atoms with van der Waals surface area (Å²) in [6, 6.07) is 35.0. The Labute approximate surface area is 361 Å². The van der Waals surface area contributed by atoms with E-state index >= 15 is 0 Å². The predicted molar refractivity (Wildman–Crippen MR) is 263 cm³/mol. The Morgan fingerprint density at radius 2 is 1.33 bits per heavy atom. The Balaban J connectivity index is 1.18. The highest BCUT2D eigenvalue weighted by molar-refractivity contribution is 7.21. The quantitative estimate of drug-likeness (QED) is 0.0856. The van der Waals surface area contributed by atoms with Gasteiger partial charge in [0.25, 0.3) is 0 Å². The average molecular weight is 815 g/mol. The largest absolute Gasteiger partial charge is 0.303 e. The number of fused-ring (bicyclic) bond motifs is 1. The Kier molecular flexibility index (Phi) is 12.2. The van der Waals surface area contributed by atoms with Crippen molar-refractivity contribution in [3.05, 3.63) is 167 Å². The van der Waals surface area contributed by atoms with E-state index in [-0.39, 0.29) is 0 Å². The van der Waals surface area contributed by atoms with Gasteiger partial charge in [0.15, 0.2) is 29.9 Å². The lowest BCUT2D eigenvalue weighted by atomic mass is 9.74. The SMILES string of the molecule is C=C/C(=C\c1c(/C=C\BC)c(C)n(-c2nc(/C=C\C)c(/C=C\C)s2)c1BC)c1cccc(-c2nc3cc(-c4nc(-c5ccccc5)nc(-c5ccccc5)n4)ccc3s2)c1. The summed E-state index contributed by atoms with van der Waals surface area (Å²) in [5, 5.41) is 1.92. The maximum absolute atomic E-state index is 5.17. The average Bonchev–Trinajstić information content (AvgIpc) is 3.98. The smallest absolute Gasteiger partial charge is 0.194 e. The third kappa shape index (κ3) is 8.21. The minimum absolute atomic E-state index is 0.608. The van der Waals surface area contributed by atoms with Crippen LogP contribution in [0, 0.1) is 6.92 Å². The van der Waals surface area contributed by atoms with Crippen molar-refractivity contribution < 1.29 is 0 Å². The second-order valence-corrected chi connectivity index (χ2v) is 16.3. The highest BCUT2D eigenvalue weighted by atomic mass is 32.1. The summed E-state index contributed by atoms with van der Waals surface area (Å²) in [4.78, 5) is 26.2. The van der Waals surface area contributed by atoms with E-state index in [1.807, 2.05) is 80.6 Å². The second kappa shape index (κ2) is 18.2. The maximum atomic E-state index is 5.17. The van der Waals surface area contributed by atoms with Crippen molar-refractivity contribution >= 4 is 82.9 Å². The molecular formula is C50H44B2N6S2. The number of benzene rings is 4. The van der Waals surface area contributed by atoms with E-state index in [0.29, 0.717) is 17.5 Å². The van der Waals surface area contributed by atoms with Crippen LogP contribution >= 0.6 is 22.7 Å². The minimum Gasteiger partial charge on any atom is -0.303 e. The van der Waals surface area contributed by atoms with E-state index in [9.17, 15) is 0 Å². The second-order valence-electron chi connectivity index (χ2n) is 14.2. The molecule has 8 aromatic rings. The molecule has 0 saturated heterocycles. The first-order valence-electron chi connectivity index (χ1n) is 20.3. The molecule has 4 aromatic carbocycles. The van der Waals surface area contributed by atoms with Crippen molar-refractivity contribution in [2.24, 2.45) is 0 Å². The van der Waals surface area contributed by atoms with Gasteiger partial charge in [-0.15, -0.1) is 17.3 Å². The van der Waals surface area contributed by atoms with Gasteiger partial charge in [0.05, 0.1) is 20.8 Å². The molecule has 0 fully saturated rings. The summed E-state index contributed by atoms with van der Waals surface area (Å²) in [5.41, 5.74) is 12.6. The van der Waals surface area contributed by atoms with E-state index < -0.39 is 0 Å². The fourth-order valence-corrected chi connectivity index (χ4v) is 9.40. The van der Waals surface area contributed by atoms with Gasteiger partial charge in [-0.3, -0.25) is 0 Å². The van der Waals surface area contributed by atoms with Crippen LogP contribution in [0.3, 0.4) is 0 Å². The van der Waals surface area contributed by atoms with Crippen molar-refractivity contribution in [1.82, 2.24) is 29.5 Å². The molecule has 0 unspecified atom stereocenters. The van der Waals surface area contributed by atoms with Crippen LogP contribution < -0.4 is 5.59 Å². The summed E-state index contributed by atoms with van der Waals surface area (Å²) in [5.74, 6) is 4.11. The van der Waals surface area contributed by atoms with Crippen molar-refractivity contribution in [2.75, 3.05) is 0 Å². The Bertz CT molecular complexity index is 2870. The normalized spacial score (nSPS) is 12.1. The number of hydrogen-bond donors (Lipinski definition) is 0. The van der Waals surface area contributed by atoms with Crippen LogP contribution in [0.4, 0.5) is 0 Å². The Morgan fingerprint density at radius 3 is 1.97 bits per heavy atom. The third-order valence-electron chi connectivity index (χ3n) is 10.3. The van der Waals surface area contributed by atoms with Crippen LogP contribution in [0.25, 0.3) is 90.0 Å². The van der Waals surface area contributed by atoms with Gasteiger partial charge in [0.1, 0.15) is 12.3 Å². The molecule has 0 saturated carbocycles. The molecule has 0 amide bonds. The monoisotopic (exact) mass is 814 g/mol. The zero-order chi connectivity index (χ0) is 41.6. The first-order valence-corrected chi connectivity index (χ1v) is 22.0. The van der Waals surface area contributed by atoms with Gasteiger partial charge in [-0.2, -0.15) is 0 Å². The Hall–Kier alpha value is -6.48. The van der Waals surface area contributed by atoms with Crippen LogP contribution in [-0.4, -0.2) is 44.0 Å². The number of rotatable bonds is 13. The lowest BCUT2D eigenvalue weighted by Crippen LogP contribution is -2.24. The fourth-order valence-electron chi connectivity index (χ4n) is 7.36. The molecule has 10 heteroatoms. The van der Waals surface area contributed by atoms with E-state index in [0.717, 1.165) is 78.9 Å². The first-order chi connectivity index (χ1) is 29.4. The van der Waals surface area contributed by atoms with Crippen LogP contribution in [0.5, 0.6) is 0 Å². The molecule has 0 radical (unpaired) electrons. The van der Waals surface area contributed by atoms with Gasteiger partial charge in [-0.05, 0) is 85.6 Å². The summed E-state index contributed by atoms with van der Waals surface area (Å²) < 4.78 is 3.44. The van der Waals surface area contributed by atoms with Gasteiger partial charge in [0.2, 0.25) is 0 Å². The van der Waals surface area contributed by atoms with Crippen LogP contribution in [-0.2, 0) is 0 Å². The van der Waals surface area contributed by atoms with Gasteiger partial charge >= 0.3 is 0 Å². The first kappa shape index (κ1) is 40.3. The van der Waals surface area contributed by atoms with E-state index in [1.54, 1.807) is 22.7 Å². The molecule has 8 rings (SSSR count). The molecule has 0 atom stereocenters. The molecule has 0 aliphatic rings. The molecule has 292 valence electrons. The minimum atomic E-state index is 0.608. The van der Waals surface area contributed by atoms with E-state index in [4.69, 9.17) is 24.9 Å². The number of nitrogens with zero attached hydrogens (tertiary/aromatic N) is 6. The topological polar surface area (TPSA) is 69.4 Å². The third-order valence-corrected chi connectivity index (χ3v) is 12.4. The van der Waals surface area contributed by atoms with Crippen molar-refractivity contribution in [1.29, 1.82) is 0 Å². The maximum Gasteiger partial charge on any atom is 0.194 e. The number of hydrogen-bond acceptors (Lipinski definition) is 7. The van der Waals surface area contributed by atoms with Gasteiger partial charge in [-0.1, -0.05) is 135 Å². The van der Waals surface area contributed by atoms with E-state index in [2.05, 4.69) is 117 Å². The molecule has 6 nitrogen and oxygen atoms in total. The van der Waals surface area contributed by atoms with Crippen molar-refractivity contribution in [3.63, 3.8) is 0 Å². The standard InChI is InChI=1S/C50H44B2N6S2/c1-7-17-41-43(18-8-2)60-50(54-41)58-32(4)39(27-28-51-5)40(45(58)52-6)30-33(9-3)36-23-16-24-38(29-36)49-53-42-31-37(25-26-44(42)59-49)48-56-46(34-19-12-10-13-20-34)55-47(57-48)35-21-14-11-15-22-35/h7-31,51-52H,3H2,1-2,4-6H3/b17-7-,18-8-,28-27-,33-30+. The summed E-state index contributed by atoms with van der Waals surface area (Å²) in [6.45, 7) is 15.0. The van der Waals surface area contributed by atoms with Crippen molar-refractivity contribution in [3.8, 4) is 49.9 Å². The van der Waals surface area contributed by atoms with Crippen LogP contribution in [0.15, 0.2) is 134 Å². The highest BCUT2D eigenvalue weighted by Crippen LogP contribution is 2.36. The predicted octanol–water partition coefficient (Wildman–Crippen LogP) is 12.1. The molecule has 0 bridgehead atoms. The van der Waals surface area contributed by atoms with Gasteiger partial charge in [0, 0.05) is 33.5 Å². The summed E-state index contributed by atoms with van der Waals surface area (Å²) >= 11 is 3.40. The molecule has 0 spiro atoms. The van der Waals surface area contributed by atoms with E-state index in [1.165, 1.54) is 22.4 Å². The molecule has 60 heavy (non-hydrogen) atoms.